The van der Waals surface area contributed by atoms with Gasteiger partial charge in [0.15, 0.2) is 0 Å². The summed E-state index contributed by atoms with van der Waals surface area (Å²) < 4.78 is 10.6. The number of alkyl carbamates (subject to hydrolysis) is 1. The van der Waals surface area contributed by atoms with Gasteiger partial charge in [-0.15, -0.1) is 0 Å². The lowest BCUT2D eigenvalue weighted by Crippen LogP contribution is -2.51. The number of amides is 3. The molecule has 4 aliphatic rings. The van der Waals surface area contributed by atoms with E-state index < -0.39 is 24.1 Å². The van der Waals surface area contributed by atoms with E-state index in [1.54, 1.807) is 6.07 Å². The molecule has 41 heavy (non-hydrogen) atoms. The molecule has 3 heterocycles. The second-order valence-electron chi connectivity index (χ2n) is 11.0. The number of fused-ring (bicyclic) bond motifs is 5. The number of aliphatic imine (C=N–C) groups is 1. The highest BCUT2D eigenvalue weighted by Gasteiger charge is 2.38. The van der Waals surface area contributed by atoms with Crippen LogP contribution in [0.2, 0.25) is 0 Å². The number of carbonyl (C=O) groups is 4. The van der Waals surface area contributed by atoms with Crippen molar-refractivity contribution in [3.63, 3.8) is 0 Å². The topological polar surface area (TPSA) is 118 Å². The number of benzodiazepines with no additional fused rings is 1. The molecule has 2 bridgehead atoms. The molecule has 10 nitrogen and oxygen atoms in total. The average Bonchev–Trinajstić information content (AvgIpc) is 3.35. The number of hydrogen-bond acceptors (Lipinski definition) is 7. The minimum absolute atomic E-state index is 0.0103. The van der Waals surface area contributed by atoms with Gasteiger partial charge in [0.05, 0.1) is 11.4 Å². The number of nitrogens with one attached hydrogen (secondary N) is 1. The van der Waals surface area contributed by atoms with Crippen molar-refractivity contribution in [3.05, 3.63) is 65.2 Å². The Bertz CT molecular complexity index is 1320. The third-order valence-electron chi connectivity index (χ3n) is 8.05. The molecule has 10 heteroatoms. The van der Waals surface area contributed by atoms with Gasteiger partial charge in [-0.2, -0.15) is 0 Å². The van der Waals surface area contributed by atoms with E-state index in [1.807, 2.05) is 54.3 Å². The molecule has 1 N–H and O–H groups in total. The molecule has 3 amide bonds. The predicted octanol–water partition coefficient (Wildman–Crippen LogP) is 3.59. The first-order valence-electron chi connectivity index (χ1n) is 14.1. The number of nitrogens with zero attached hydrogens (tertiary/aromatic N) is 3. The van der Waals surface area contributed by atoms with Crippen LogP contribution in [0.25, 0.3) is 0 Å². The fourth-order valence-electron chi connectivity index (χ4n) is 5.93. The maximum absolute atomic E-state index is 14.1. The van der Waals surface area contributed by atoms with Crippen molar-refractivity contribution >= 4 is 35.3 Å². The summed E-state index contributed by atoms with van der Waals surface area (Å²) in [5.41, 5.74) is 2.92. The molecular weight excluding hydrogens is 524 g/mol. The number of esters is 1. The van der Waals surface area contributed by atoms with Crippen molar-refractivity contribution < 1.29 is 28.7 Å². The Hall–Kier alpha value is -4.21. The molecule has 3 aliphatic heterocycles. The SMILES string of the molecule is CC(=O)OCC1=NC(NC(=O)OCc2ccccc2)C(=O)N(CC(=O)N2CC3CCC(CC3)C2)c2c(C)cccc21. The van der Waals surface area contributed by atoms with Gasteiger partial charge in [0.25, 0.3) is 5.91 Å². The van der Waals surface area contributed by atoms with Crippen molar-refractivity contribution in [1.82, 2.24) is 10.2 Å². The van der Waals surface area contributed by atoms with Crippen LogP contribution in [-0.4, -0.2) is 66.9 Å². The number of rotatable bonds is 7. The Kier molecular flexibility index (Phi) is 8.66. The van der Waals surface area contributed by atoms with Crippen LogP contribution in [-0.2, 0) is 30.5 Å². The van der Waals surface area contributed by atoms with E-state index in [2.05, 4.69) is 10.3 Å². The van der Waals surface area contributed by atoms with E-state index in [-0.39, 0.29) is 25.7 Å². The molecule has 3 fully saturated rings. The number of carbonyl (C=O) groups excluding carboxylic acids is 4. The van der Waals surface area contributed by atoms with Crippen molar-refractivity contribution in [2.24, 2.45) is 16.8 Å². The maximum atomic E-state index is 14.1. The molecule has 2 aromatic carbocycles. The monoisotopic (exact) mass is 560 g/mol. The molecule has 216 valence electrons. The van der Waals surface area contributed by atoms with E-state index in [9.17, 15) is 19.2 Å². The van der Waals surface area contributed by atoms with Crippen LogP contribution < -0.4 is 10.2 Å². The molecule has 1 aliphatic carbocycles. The van der Waals surface area contributed by atoms with Gasteiger partial charge >= 0.3 is 12.1 Å². The first-order chi connectivity index (χ1) is 19.8. The Morgan fingerprint density at radius 1 is 0.927 bits per heavy atom. The zero-order valence-electron chi connectivity index (χ0n) is 23.5. The van der Waals surface area contributed by atoms with Crippen LogP contribution in [0, 0.1) is 18.8 Å². The summed E-state index contributed by atoms with van der Waals surface area (Å²) in [6, 6.07) is 14.6. The number of benzene rings is 2. The first-order valence-corrected chi connectivity index (χ1v) is 14.1. The molecule has 2 saturated heterocycles. The summed E-state index contributed by atoms with van der Waals surface area (Å²) in [5, 5.41) is 2.56. The van der Waals surface area contributed by atoms with Crippen LogP contribution in [0.1, 0.15) is 49.3 Å². The van der Waals surface area contributed by atoms with E-state index in [4.69, 9.17) is 9.47 Å². The van der Waals surface area contributed by atoms with E-state index >= 15 is 0 Å². The standard InChI is InChI=1S/C31H36N4O6/c1-20-7-6-10-25-26(19-40-21(2)36)32-29(33-31(39)41-18-24-8-4-3-5-9-24)30(38)35(28(20)25)17-27(37)34-15-22-11-12-23(16-34)14-13-22/h3-10,22-23,29H,11-19H2,1-2H3,(H,33,39). The zero-order valence-corrected chi connectivity index (χ0v) is 23.5. The number of ether oxygens (including phenoxy) is 2. The normalized spacial score (nSPS) is 21.8. The Balaban J connectivity index is 1.43. The number of anilines is 1. The predicted molar refractivity (Wildman–Crippen MR) is 152 cm³/mol. The van der Waals surface area contributed by atoms with Gasteiger partial charge in [-0.25, -0.2) is 4.79 Å². The van der Waals surface area contributed by atoms with Crippen molar-refractivity contribution in [3.8, 4) is 0 Å². The second-order valence-corrected chi connectivity index (χ2v) is 11.0. The Morgan fingerprint density at radius 3 is 2.27 bits per heavy atom. The smallest absolute Gasteiger partial charge is 0.409 e. The molecule has 1 saturated carbocycles. The van der Waals surface area contributed by atoms with Crippen LogP contribution in [0.15, 0.2) is 53.5 Å². The number of hydrogen-bond donors (Lipinski definition) is 1. The number of aryl methyl sites for hydroxylation is 1. The Labute approximate surface area is 239 Å². The van der Waals surface area contributed by atoms with E-state index in [1.165, 1.54) is 11.8 Å². The average molecular weight is 561 g/mol. The fourth-order valence-corrected chi connectivity index (χ4v) is 5.93. The molecule has 0 radical (unpaired) electrons. The van der Waals surface area contributed by atoms with Crippen LogP contribution in [0.4, 0.5) is 10.5 Å². The highest BCUT2D eigenvalue weighted by atomic mass is 16.5. The van der Waals surface area contributed by atoms with E-state index in [0.29, 0.717) is 41.9 Å². The highest BCUT2D eigenvalue weighted by Crippen LogP contribution is 2.35. The lowest BCUT2D eigenvalue weighted by atomic mass is 9.84. The fraction of sp³-hybridized carbons (Fsp3) is 0.452. The largest absolute Gasteiger partial charge is 0.459 e. The minimum atomic E-state index is -1.39. The van der Waals surface area contributed by atoms with Crippen molar-refractivity contribution in [2.75, 3.05) is 31.1 Å². The molecule has 0 spiro atoms. The van der Waals surface area contributed by atoms with Crippen molar-refractivity contribution in [2.45, 2.75) is 52.3 Å². The molecule has 6 rings (SSSR count). The minimum Gasteiger partial charge on any atom is -0.459 e. The lowest BCUT2D eigenvalue weighted by Gasteiger charge is -2.30. The van der Waals surface area contributed by atoms with Crippen LogP contribution in [0.3, 0.4) is 0 Å². The molecular formula is C31H36N4O6. The maximum Gasteiger partial charge on any atom is 0.409 e. The van der Waals surface area contributed by atoms with Gasteiger partial charge in [0.2, 0.25) is 12.1 Å². The van der Waals surface area contributed by atoms with Crippen molar-refractivity contribution in [1.29, 1.82) is 0 Å². The van der Waals surface area contributed by atoms with Gasteiger partial charge in [-0.3, -0.25) is 29.6 Å². The third kappa shape index (κ3) is 6.75. The first kappa shape index (κ1) is 28.3. The quantitative estimate of drug-likeness (QED) is 0.517. The number of para-hydroxylation sites is 1. The zero-order chi connectivity index (χ0) is 28.9. The summed E-state index contributed by atoms with van der Waals surface area (Å²) >= 11 is 0. The van der Waals surface area contributed by atoms with Crippen LogP contribution >= 0.6 is 0 Å². The van der Waals surface area contributed by atoms with Gasteiger partial charge < -0.3 is 14.4 Å². The van der Waals surface area contributed by atoms with E-state index in [0.717, 1.165) is 36.8 Å². The summed E-state index contributed by atoms with van der Waals surface area (Å²) in [5.74, 6) is -0.244. The van der Waals surface area contributed by atoms with Gasteiger partial charge in [-0.1, -0.05) is 48.5 Å². The summed E-state index contributed by atoms with van der Waals surface area (Å²) in [6.07, 6.45) is 2.30. The Morgan fingerprint density at radius 2 is 1.61 bits per heavy atom. The highest BCUT2D eigenvalue weighted by molar-refractivity contribution is 6.15. The molecule has 1 unspecified atom stereocenters. The third-order valence-corrected chi connectivity index (χ3v) is 8.05. The summed E-state index contributed by atoms with van der Waals surface area (Å²) in [7, 11) is 0. The summed E-state index contributed by atoms with van der Waals surface area (Å²) in [6.45, 7) is 4.14. The lowest BCUT2D eigenvalue weighted by molar-refractivity contribution is -0.139. The molecule has 1 atom stereocenters. The van der Waals surface area contributed by atoms with Gasteiger partial charge in [-0.05, 0) is 55.6 Å². The molecule has 2 aromatic rings. The summed E-state index contributed by atoms with van der Waals surface area (Å²) in [4.78, 5) is 60.1. The molecule has 0 aromatic heterocycles. The second kappa shape index (κ2) is 12.5. The van der Waals surface area contributed by atoms with Crippen LogP contribution in [0.5, 0.6) is 0 Å². The van der Waals surface area contributed by atoms with Gasteiger partial charge in [0, 0.05) is 25.6 Å². The van der Waals surface area contributed by atoms with Gasteiger partial charge in [0.1, 0.15) is 19.8 Å².